The third-order valence-corrected chi connectivity index (χ3v) is 4.52. The summed E-state index contributed by atoms with van der Waals surface area (Å²) in [5.74, 6) is -1.68. The number of nitrogens with zero attached hydrogens (tertiary/aromatic N) is 1. The summed E-state index contributed by atoms with van der Waals surface area (Å²) in [5.41, 5.74) is 6.37. The van der Waals surface area contributed by atoms with Gasteiger partial charge in [0.15, 0.2) is 0 Å². The lowest BCUT2D eigenvalue weighted by Crippen LogP contribution is -2.47. The van der Waals surface area contributed by atoms with Gasteiger partial charge in [-0.25, -0.2) is 4.31 Å². The number of nitrogens with two attached hydrogens (primary N) is 1. The van der Waals surface area contributed by atoms with Crippen LogP contribution < -0.4 is 10.5 Å². The molecular weight excluding hydrogens is 333 g/mol. The van der Waals surface area contributed by atoms with Crippen molar-refractivity contribution in [1.29, 1.82) is 0 Å². The quantitative estimate of drug-likeness (QED) is 0.821. The molecule has 1 aromatic carbocycles. The van der Waals surface area contributed by atoms with Crippen LogP contribution in [-0.4, -0.2) is 38.9 Å². The molecule has 1 aliphatic heterocycles. The Morgan fingerprint density at radius 3 is 2.74 bits per heavy atom. The molecule has 0 saturated carbocycles. The molecule has 1 fully saturated rings. The van der Waals surface area contributed by atoms with Crippen LogP contribution in [0.15, 0.2) is 24.3 Å². The first-order valence-corrected chi connectivity index (χ1v) is 8.15. The van der Waals surface area contributed by atoms with E-state index in [9.17, 15) is 21.9 Å². The van der Waals surface area contributed by atoms with Crippen LogP contribution in [0.4, 0.5) is 13.2 Å². The SMILES string of the molecule is NCc1cccc(OC[C@H]2C[C@H](C(F)(F)F)CN(S(=O)[O-])C2)c1. The van der Waals surface area contributed by atoms with Crippen molar-refractivity contribution in [2.24, 2.45) is 17.6 Å². The van der Waals surface area contributed by atoms with Crippen LogP contribution in [0.2, 0.25) is 0 Å². The molecule has 1 heterocycles. The van der Waals surface area contributed by atoms with Crippen molar-refractivity contribution >= 4 is 11.3 Å². The van der Waals surface area contributed by atoms with Crippen molar-refractivity contribution in [1.82, 2.24) is 4.31 Å². The van der Waals surface area contributed by atoms with Gasteiger partial charge in [0.1, 0.15) is 5.75 Å². The van der Waals surface area contributed by atoms with Gasteiger partial charge in [-0.2, -0.15) is 13.2 Å². The topological polar surface area (TPSA) is 78.6 Å². The molecule has 0 bridgehead atoms. The standard InChI is InChI=1S/C14H19F3N2O3S/c15-14(16,17)12-4-11(7-19(8-12)23(20)21)9-22-13-3-1-2-10(5-13)6-18/h1-3,5,11-12H,4,6-9,18H2,(H,20,21)/p-1/t11-,12-/m0/s1. The molecule has 3 atom stereocenters. The Balaban J connectivity index is 2.01. The van der Waals surface area contributed by atoms with Crippen LogP contribution in [-0.2, 0) is 17.8 Å². The first-order valence-electron chi connectivity index (χ1n) is 7.12. The second kappa shape index (κ2) is 7.61. The number of hydrogen-bond acceptors (Lipinski definition) is 4. The molecule has 1 saturated heterocycles. The van der Waals surface area contributed by atoms with Gasteiger partial charge in [-0.3, -0.25) is 4.21 Å². The highest BCUT2D eigenvalue weighted by Gasteiger charge is 2.44. The summed E-state index contributed by atoms with van der Waals surface area (Å²) in [7, 11) is 0. The summed E-state index contributed by atoms with van der Waals surface area (Å²) >= 11 is -2.67. The molecule has 5 nitrogen and oxygen atoms in total. The van der Waals surface area contributed by atoms with Crippen LogP contribution >= 0.6 is 0 Å². The van der Waals surface area contributed by atoms with Gasteiger partial charge in [-0.05, 0) is 24.1 Å². The van der Waals surface area contributed by atoms with E-state index in [2.05, 4.69) is 0 Å². The Kier molecular flexibility index (Phi) is 6.01. The predicted molar refractivity (Wildman–Crippen MR) is 78.0 cm³/mol. The van der Waals surface area contributed by atoms with Crippen molar-refractivity contribution in [3.05, 3.63) is 29.8 Å². The highest BCUT2D eigenvalue weighted by atomic mass is 32.2. The molecule has 0 spiro atoms. The maximum Gasteiger partial charge on any atom is 0.393 e. The molecular formula is C14H18F3N2O3S-. The Morgan fingerprint density at radius 1 is 1.39 bits per heavy atom. The number of halogens is 3. The molecule has 0 aliphatic carbocycles. The zero-order chi connectivity index (χ0) is 17.0. The van der Waals surface area contributed by atoms with E-state index in [1.807, 2.05) is 6.07 Å². The number of alkyl halides is 3. The molecule has 23 heavy (non-hydrogen) atoms. The summed E-state index contributed by atoms with van der Waals surface area (Å²) in [5, 5.41) is 0. The average Bonchev–Trinajstić information content (AvgIpc) is 2.52. The predicted octanol–water partition coefficient (Wildman–Crippen LogP) is 1.82. The summed E-state index contributed by atoms with van der Waals surface area (Å²) in [6.07, 6.45) is -4.57. The minimum Gasteiger partial charge on any atom is -0.760 e. The van der Waals surface area contributed by atoms with Gasteiger partial charge in [0.25, 0.3) is 0 Å². The fourth-order valence-corrected chi connectivity index (χ4v) is 3.25. The molecule has 1 aliphatic rings. The van der Waals surface area contributed by atoms with Crippen molar-refractivity contribution in [2.45, 2.75) is 19.1 Å². The molecule has 0 aromatic heterocycles. The molecule has 1 unspecified atom stereocenters. The van der Waals surface area contributed by atoms with Gasteiger partial charge in [0, 0.05) is 36.8 Å². The van der Waals surface area contributed by atoms with E-state index in [1.165, 1.54) is 0 Å². The van der Waals surface area contributed by atoms with Gasteiger partial charge >= 0.3 is 6.18 Å². The van der Waals surface area contributed by atoms with Crippen LogP contribution in [0.3, 0.4) is 0 Å². The third kappa shape index (κ3) is 5.17. The van der Waals surface area contributed by atoms with Gasteiger partial charge in [-0.1, -0.05) is 12.1 Å². The van der Waals surface area contributed by atoms with Crippen LogP contribution in [0, 0.1) is 11.8 Å². The van der Waals surface area contributed by atoms with E-state index >= 15 is 0 Å². The molecule has 0 radical (unpaired) electrons. The Hall–Kier alpha value is -1.16. The van der Waals surface area contributed by atoms with Gasteiger partial charge < -0.3 is 15.0 Å². The minimum atomic E-state index is -4.42. The second-order valence-electron chi connectivity index (χ2n) is 5.57. The van der Waals surface area contributed by atoms with E-state index in [0.717, 1.165) is 9.87 Å². The molecule has 0 amide bonds. The largest absolute Gasteiger partial charge is 0.760 e. The van der Waals surface area contributed by atoms with Crippen LogP contribution in [0.1, 0.15) is 12.0 Å². The maximum atomic E-state index is 12.9. The Bertz CT molecular complexity index is 556. The zero-order valence-electron chi connectivity index (χ0n) is 12.3. The first kappa shape index (κ1) is 18.2. The molecule has 1 aromatic rings. The Labute approximate surface area is 135 Å². The van der Waals surface area contributed by atoms with Crippen molar-refractivity contribution in [3.8, 4) is 5.75 Å². The lowest BCUT2D eigenvalue weighted by Gasteiger charge is -2.38. The summed E-state index contributed by atoms with van der Waals surface area (Å²) < 4.78 is 67.2. The van der Waals surface area contributed by atoms with E-state index in [1.54, 1.807) is 18.2 Å². The molecule has 2 N–H and O–H groups in total. The molecule has 2 rings (SSSR count). The molecule has 9 heteroatoms. The number of piperidine rings is 1. The van der Waals surface area contributed by atoms with E-state index in [4.69, 9.17) is 10.5 Å². The number of ether oxygens (including phenoxy) is 1. The summed E-state index contributed by atoms with van der Waals surface area (Å²) in [4.78, 5) is 0. The zero-order valence-corrected chi connectivity index (χ0v) is 13.1. The Morgan fingerprint density at radius 2 is 2.13 bits per heavy atom. The van der Waals surface area contributed by atoms with Gasteiger partial charge in [0.2, 0.25) is 0 Å². The highest BCUT2D eigenvalue weighted by Crippen LogP contribution is 2.35. The minimum absolute atomic E-state index is 0.0221. The van der Waals surface area contributed by atoms with Gasteiger partial charge in [-0.15, -0.1) is 0 Å². The number of benzene rings is 1. The van der Waals surface area contributed by atoms with Crippen LogP contribution in [0.25, 0.3) is 0 Å². The number of rotatable bonds is 5. The van der Waals surface area contributed by atoms with E-state index < -0.39 is 35.8 Å². The number of hydrogen-bond donors (Lipinski definition) is 1. The van der Waals surface area contributed by atoms with Crippen molar-refractivity contribution < 1.29 is 26.7 Å². The molecule has 130 valence electrons. The smallest absolute Gasteiger partial charge is 0.393 e. The lowest BCUT2D eigenvalue weighted by molar-refractivity contribution is -0.187. The normalized spacial score (nSPS) is 24.4. The highest BCUT2D eigenvalue weighted by molar-refractivity contribution is 7.76. The van der Waals surface area contributed by atoms with E-state index in [0.29, 0.717) is 12.3 Å². The lowest BCUT2D eigenvalue weighted by atomic mass is 9.90. The van der Waals surface area contributed by atoms with Crippen molar-refractivity contribution in [3.63, 3.8) is 0 Å². The van der Waals surface area contributed by atoms with Crippen LogP contribution in [0.5, 0.6) is 5.75 Å². The van der Waals surface area contributed by atoms with Gasteiger partial charge in [0.05, 0.1) is 12.5 Å². The summed E-state index contributed by atoms with van der Waals surface area (Å²) in [6.45, 7) is -0.147. The fourth-order valence-electron chi connectivity index (χ4n) is 2.62. The van der Waals surface area contributed by atoms with E-state index in [-0.39, 0.29) is 19.6 Å². The summed E-state index contributed by atoms with van der Waals surface area (Å²) in [6, 6.07) is 6.96. The van der Waals surface area contributed by atoms with Crippen molar-refractivity contribution in [2.75, 3.05) is 19.7 Å². The maximum absolute atomic E-state index is 12.9. The average molecular weight is 351 g/mol. The second-order valence-corrected chi connectivity index (χ2v) is 6.52. The monoisotopic (exact) mass is 351 g/mol. The first-order chi connectivity index (χ1) is 10.8. The fraction of sp³-hybridized carbons (Fsp3) is 0.571. The third-order valence-electron chi connectivity index (χ3n) is 3.80.